The van der Waals surface area contributed by atoms with Crippen LogP contribution in [0.1, 0.15) is 18.2 Å². The van der Waals surface area contributed by atoms with E-state index in [1.165, 1.54) is 0 Å². The zero-order chi connectivity index (χ0) is 18.6. The lowest BCUT2D eigenvalue weighted by Gasteiger charge is -2.34. The largest absolute Gasteiger partial charge is 0.460 e. The third-order valence-electron chi connectivity index (χ3n) is 4.85. The Labute approximate surface area is 158 Å². The monoisotopic (exact) mass is 362 g/mol. The number of piperazine rings is 1. The average Bonchev–Trinajstić information content (AvgIpc) is 3.10. The molecule has 2 aromatic heterocycles. The van der Waals surface area contributed by atoms with E-state index in [1.54, 1.807) is 24.5 Å². The molecule has 138 valence electrons. The van der Waals surface area contributed by atoms with Crippen molar-refractivity contribution in [3.63, 3.8) is 0 Å². The number of furan rings is 1. The highest BCUT2D eigenvalue weighted by molar-refractivity contribution is 5.96. The molecular formula is C21H22N4O2. The number of aryl methyl sites for hydroxylation is 1. The van der Waals surface area contributed by atoms with Gasteiger partial charge in [-0.3, -0.25) is 4.79 Å². The molecule has 0 bridgehead atoms. The fourth-order valence-corrected chi connectivity index (χ4v) is 3.40. The summed E-state index contributed by atoms with van der Waals surface area (Å²) in [7, 11) is 0. The van der Waals surface area contributed by atoms with Crippen molar-refractivity contribution in [1.82, 2.24) is 14.9 Å². The molecule has 6 heteroatoms. The van der Waals surface area contributed by atoms with E-state index < -0.39 is 0 Å². The van der Waals surface area contributed by atoms with E-state index in [2.05, 4.69) is 21.8 Å². The lowest BCUT2D eigenvalue weighted by Crippen LogP contribution is -2.48. The second-order valence-corrected chi connectivity index (χ2v) is 6.48. The molecule has 1 fully saturated rings. The van der Waals surface area contributed by atoms with E-state index in [-0.39, 0.29) is 5.91 Å². The molecule has 0 spiro atoms. The fraction of sp³-hybridized carbons (Fsp3) is 0.286. The summed E-state index contributed by atoms with van der Waals surface area (Å²) in [5.74, 6) is 1.65. The van der Waals surface area contributed by atoms with Crippen LogP contribution >= 0.6 is 0 Å². The third kappa shape index (κ3) is 3.56. The number of carbonyl (C=O) groups is 1. The number of fused-ring (bicyclic) bond motifs is 1. The van der Waals surface area contributed by atoms with Crippen LogP contribution in [0.5, 0.6) is 0 Å². The highest BCUT2D eigenvalue weighted by Gasteiger charge is 2.21. The number of carbonyl (C=O) groups excluding carboxylic acids is 1. The van der Waals surface area contributed by atoms with Crippen LogP contribution in [0.15, 0.2) is 53.2 Å². The van der Waals surface area contributed by atoms with E-state index in [4.69, 9.17) is 4.42 Å². The van der Waals surface area contributed by atoms with E-state index in [0.29, 0.717) is 13.1 Å². The van der Waals surface area contributed by atoms with Crippen molar-refractivity contribution in [3.05, 3.63) is 60.1 Å². The lowest BCUT2D eigenvalue weighted by atomic mass is 10.1. The van der Waals surface area contributed by atoms with Gasteiger partial charge in [-0.15, -0.1) is 0 Å². The van der Waals surface area contributed by atoms with Crippen molar-refractivity contribution < 1.29 is 9.21 Å². The van der Waals surface area contributed by atoms with Crippen molar-refractivity contribution in [2.75, 3.05) is 31.1 Å². The predicted octanol–water partition coefficient (Wildman–Crippen LogP) is 3.15. The number of amides is 1. The molecule has 6 nitrogen and oxygen atoms in total. The van der Waals surface area contributed by atoms with Crippen LogP contribution in [0.4, 0.5) is 5.95 Å². The Hall–Kier alpha value is -3.15. The second-order valence-electron chi connectivity index (χ2n) is 6.48. The molecule has 0 atom stereocenters. The summed E-state index contributed by atoms with van der Waals surface area (Å²) < 4.78 is 5.89. The van der Waals surface area contributed by atoms with Gasteiger partial charge in [0.1, 0.15) is 11.3 Å². The highest BCUT2D eigenvalue weighted by Crippen LogP contribution is 2.27. The number of hydrogen-bond donors (Lipinski definition) is 0. The molecule has 27 heavy (non-hydrogen) atoms. The van der Waals surface area contributed by atoms with Gasteiger partial charge in [0.15, 0.2) is 0 Å². The highest BCUT2D eigenvalue weighted by atomic mass is 16.3. The number of anilines is 1. The molecule has 3 aromatic rings. The summed E-state index contributed by atoms with van der Waals surface area (Å²) in [4.78, 5) is 25.2. The van der Waals surface area contributed by atoms with Crippen molar-refractivity contribution in [2.24, 2.45) is 0 Å². The maximum Gasteiger partial charge on any atom is 0.246 e. The quantitative estimate of drug-likeness (QED) is 0.667. The molecule has 1 saturated heterocycles. The van der Waals surface area contributed by atoms with Crippen molar-refractivity contribution >= 4 is 28.9 Å². The molecule has 1 amide bonds. The Morgan fingerprint density at radius 1 is 1.11 bits per heavy atom. The normalized spacial score (nSPS) is 15.0. The summed E-state index contributed by atoms with van der Waals surface area (Å²) in [6.45, 7) is 4.85. The second kappa shape index (κ2) is 7.61. The molecule has 1 aliphatic rings. The first kappa shape index (κ1) is 17.3. The first-order valence-electron chi connectivity index (χ1n) is 9.25. The van der Waals surface area contributed by atoms with Gasteiger partial charge in [0.2, 0.25) is 11.9 Å². The first-order valence-corrected chi connectivity index (χ1v) is 9.25. The molecule has 1 aromatic carbocycles. The molecule has 0 saturated carbocycles. The van der Waals surface area contributed by atoms with Crippen LogP contribution in [0.3, 0.4) is 0 Å². The van der Waals surface area contributed by atoms with E-state index in [0.717, 1.165) is 47.8 Å². The maximum atomic E-state index is 12.6. The minimum absolute atomic E-state index is 0.0240. The van der Waals surface area contributed by atoms with Gasteiger partial charge in [-0.2, -0.15) is 0 Å². The lowest BCUT2D eigenvalue weighted by molar-refractivity contribution is -0.126. The Morgan fingerprint density at radius 2 is 1.85 bits per heavy atom. The van der Waals surface area contributed by atoms with E-state index in [1.807, 2.05) is 35.2 Å². The van der Waals surface area contributed by atoms with E-state index >= 15 is 0 Å². The van der Waals surface area contributed by atoms with Crippen LogP contribution in [0.2, 0.25) is 0 Å². The maximum absolute atomic E-state index is 12.6. The van der Waals surface area contributed by atoms with Gasteiger partial charge in [-0.05, 0) is 18.2 Å². The number of benzene rings is 1. The van der Waals surface area contributed by atoms with Crippen LogP contribution in [0.25, 0.3) is 17.0 Å². The zero-order valence-corrected chi connectivity index (χ0v) is 15.3. The minimum atomic E-state index is 0.0240. The molecular weight excluding hydrogens is 340 g/mol. The summed E-state index contributed by atoms with van der Waals surface area (Å²) >= 11 is 0. The minimum Gasteiger partial charge on any atom is -0.460 e. The van der Waals surface area contributed by atoms with Gasteiger partial charge in [0.25, 0.3) is 0 Å². The average molecular weight is 362 g/mol. The van der Waals surface area contributed by atoms with Crippen LogP contribution < -0.4 is 4.90 Å². The molecule has 1 aliphatic heterocycles. The smallest absolute Gasteiger partial charge is 0.246 e. The third-order valence-corrected chi connectivity index (χ3v) is 4.85. The number of para-hydroxylation sites is 1. The first-order chi connectivity index (χ1) is 13.3. The Bertz CT molecular complexity index is 957. The van der Waals surface area contributed by atoms with Gasteiger partial charge < -0.3 is 14.2 Å². The summed E-state index contributed by atoms with van der Waals surface area (Å²) in [5, 5.41) is 1.05. The van der Waals surface area contributed by atoms with Crippen molar-refractivity contribution in [3.8, 4) is 0 Å². The number of nitrogens with zero attached hydrogens (tertiary/aromatic N) is 4. The Kier molecular flexibility index (Phi) is 4.87. The molecule has 0 unspecified atom stereocenters. The molecule has 4 rings (SSSR count). The number of hydrogen-bond acceptors (Lipinski definition) is 5. The summed E-state index contributed by atoms with van der Waals surface area (Å²) in [6, 6.07) is 9.73. The molecule has 0 radical (unpaired) electrons. The standard InChI is InChI=1S/C21H22N4O2/c1-2-18-17(16-6-3-4-7-19(16)27-18)8-9-20(26)24-12-14-25(15-13-24)21-22-10-5-11-23-21/h3-11H,2,12-15H2,1H3/b9-8+. The molecule has 0 aliphatic carbocycles. The Morgan fingerprint density at radius 3 is 2.59 bits per heavy atom. The van der Waals surface area contributed by atoms with Crippen LogP contribution in [0, 0.1) is 0 Å². The summed E-state index contributed by atoms with van der Waals surface area (Å²) in [5.41, 5.74) is 1.86. The van der Waals surface area contributed by atoms with Gasteiger partial charge >= 0.3 is 0 Å². The van der Waals surface area contributed by atoms with Crippen LogP contribution in [-0.2, 0) is 11.2 Å². The van der Waals surface area contributed by atoms with Gasteiger partial charge in [0, 0.05) is 62.0 Å². The fourth-order valence-electron chi connectivity index (χ4n) is 3.40. The molecule has 3 heterocycles. The molecule has 0 N–H and O–H groups in total. The number of aromatic nitrogens is 2. The van der Waals surface area contributed by atoms with E-state index in [9.17, 15) is 4.79 Å². The zero-order valence-electron chi connectivity index (χ0n) is 15.3. The van der Waals surface area contributed by atoms with Gasteiger partial charge in [-0.1, -0.05) is 25.1 Å². The van der Waals surface area contributed by atoms with Gasteiger partial charge in [-0.25, -0.2) is 9.97 Å². The predicted molar refractivity (Wildman–Crippen MR) is 105 cm³/mol. The summed E-state index contributed by atoms with van der Waals surface area (Å²) in [6.07, 6.45) is 7.81. The van der Waals surface area contributed by atoms with Crippen molar-refractivity contribution in [1.29, 1.82) is 0 Å². The number of rotatable bonds is 4. The van der Waals surface area contributed by atoms with Crippen molar-refractivity contribution in [2.45, 2.75) is 13.3 Å². The topological polar surface area (TPSA) is 62.5 Å². The SMILES string of the molecule is CCc1oc2ccccc2c1/C=C/C(=O)N1CCN(c2ncccn2)CC1. The Balaban J connectivity index is 1.44. The van der Waals surface area contributed by atoms with Crippen LogP contribution in [-0.4, -0.2) is 47.0 Å². The van der Waals surface area contributed by atoms with Gasteiger partial charge in [0.05, 0.1) is 0 Å².